The molecule has 1 amide bonds. The minimum Gasteiger partial charge on any atom is -0.467 e. The summed E-state index contributed by atoms with van der Waals surface area (Å²) in [4.78, 5) is 23.3. The zero-order valence-electron chi connectivity index (χ0n) is 21.6. The van der Waals surface area contributed by atoms with E-state index < -0.39 is 26.7 Å². The second-order valence-corrected chi connectivity index (χ2v) is 11.9. The van der Waals surface area contributed by atoms with Crippen LogP contribution in [0.4, 0.5) is 15.8 Å². The van der Waals surface area contributed by atoms with E-state index >= 15 is 0 Å². The monoisotopic (exact) mass is 536 g/mol. The molecular formula is C28H29FN4O4S. The van der Waals surface area contributed by atoms with Gasteiger partial charge in [0, 0.05) is 12.8 Å². The molecule has 0 spiro atoms. The first-order valence-electron chi connectivity index (χ1n) is 11.9. The second-order valence-electron chi connectivity index (χ2n) is 9.97. The van der Waals surface area contributed by atoms with Crippen LogP contribution in [0.15, 0.2) is 82.7 Å². The van der Waals surface area contributed by atoms with Crippen molar-refractivity contribution in [1.82, 2.24) is 9.97 Å². The van der Waals surface area contributed by atoms with E-state index in [-0.39, 0.29) is 29.0 Å². The number of amides is 1. The first-order valence-corrected chi connectivity index (χ1v) is 13.8. The van der Waals surface area contributed by atoms with Gasteiger partial charge in [-0.3, -0.25) is 4.79 Å². The zero-order chi connectivity index (χ0) is 27.5. The van der Waals surface area contributed by atoms with Crippen LogP contribution in [-0.4, -0.2) is 30.5 Å². The number of hydrogen-bond acceptors (Lipinski definition) is 7. The van der Waals surface area contributed by atoms with Gasteiger partial charge in [0.1, 0.15) is 11.6 Å². The fourth-order valence-corrected chi connectivity index (χ4v) is 4.33. The van der Waals surface area contributed by atoms with Crippen molar-refractivity contribution in [2.45, 2.75) is 44.4 Å². The van der Waals surface area contributed by atoms with E-state index in [1.165, 1.54) is 30.0 Å². The Morgan fingerprint density at radius 2 is 1.74 bits per heavy atom. The maximum Gasteiger partial charge on any atom is 0.276 e. The van der Waals surface area contributed by atoms with Gasteiger partial charge in [-0.05, 0) is 40.8 Å². The van der Waals surface area contributed by atoms with Gasteiger partial charge < -0.3 is 14.6 Å². The summed E-state index contributed by atoms with van der Waals surface area (Å²) in [6.07, 6.45) is 3.80. The maximum atomic E-state index is 14.3. The number of sulfone groups is 1. The van der Waals surface area contributed by atoms with Gasteiger partial charge in [0.25, 0.3) is 5.91 Å². The third-order valence-corrected chi connectivity index (χ3v) is 6.74. The van der Waals surface area contributed by atoms with Gasteiger partial charge in [0.15, 0.2) is 5.69 Å². The van der Waals surface area contributed by atoms with E-state index in [0.29, 0.717) is 12.3 Å². The van der Waals surface area contributed by atoms with Crippen LogP contribution in [-0.2, 0) is 28.3 Å². The smallest absolute Gasteiger partial charge is 0.276 e. The van der Waals surface area contributed by atoms with Crippen LogP contribution in [0.3, 0.4) is 0 Å². The number of furan rings is 1. The maximum absolute atomic E-state index is 14.3. The van der Waals surface area contributed by atoms with Crippen molar-refractivity contribution in [2.75, 3.05) is 16.5 Å². The molecule has 2 heterocycles. The molecule has 0 aliphatic heterocycles. The standard InChI is InChI=1S/C28H29FN4O4S/c1-28(2,3)20-13-11-19(12-14-20)17-33(18-21-8-7-15-37-21)24-16-30-27(38(4,35)36)32-25(24)26(34)31-23-10-6-5-9-22(23)29/h5-16H,17-18H2,1-4H3,(H,31,34). The lowest BCUT2D eigenvalue weighted by Gasteiger charge is -2.26. The Bertz CT molecular complexity index is 1530. The number of anilines is 2. The number of rotatable bonds is 8. The molecule has 4 rings (SSSR count). The molecule has 10 heteroatoms. The Hall–Kier alpha value is -4.05. The summed E-state index contributed by atoms with van der Waals surface area (Å²) in [6, 6.07) is 17.3. The molecule has 38 heavy (non-hydrogen) atoms. The first kappa shape index (κ1) is 27.0. The fourth-order valence-electron chi connectivity index (χ4n) is 3.83. The Kier molecular flexibility index (Phi) is 7.63. The highest BCUT2D eigenvalue weighted by Crippen LogP contribution is 2.27. The second kappa shape index (κ2) is 10.7. The fraction of sp³-hybridized carbons (Fsp3) is 0.250. The average molecular weight is 537 g/mol. The molecule has 2 aromatic carbocycles. The molecule has 0 unspecified atom stereocenters. The number of hydrogen-bond donors (Lipinski definition) is 1. The molecule has 8 nitrogen and oxygen atoms in total. The molecule has 0 aliphatic carbocycles. The lowest BCUT2D eigenvalue weighted by molar-refractivity contribution is 0.102. The lowest BCUT2D eigenvalue weighted by Crippen LogP contribution is -2.27. The molecule has 0 saturated carbocycles. The topological polar surface area (TPSA) is 105 Å². The lowest BCUT2D eigenvalue weighted by atomic mass is 9.87. The van der Waals surface area contributed by atoms with E-state index in [1.54, 1.807) is 24.5 Å². The molecule has 0 bridgehead atoms. The van der Waals surface area contributed by atoms with E-state index in [0.717, 1.165) is 11.8 Å². The molecule has 4 aromatic rings. The van der Waals surface area contributed by atoms with Crippen LogP contribution in [0.25, 0.3) is 0 Å². The van der Waals surface area contributed by atoms with Crippen molar-refractivity contribution < 1.29 is 22.0 Å². The third kappa shape index (κ3) is 6.44. The summed E-state index contributed by atoms with van der Waals surface area (Å²) in [5.74, 6) is -0.792. The van der Waals surface area contributed by atoms with Crippen molar-refractivity contribution in [3.8, 4) is 0 Å². The summed E-state index contributed by atoms with van der Waals surface area (Å²) in [6.45, 7) is 6.98. The molecule has 0 fully saturated rings. The minimum atomic E-state index is -3.82. The molecule has 1 N–H and O–H groups in total. The number of nitrogens with zero attached hydrogens (tertiary/aromatic N) is 3. The number of carbonyl (C=O) groups is 1. The molecule has 0 saturated heterocycles. The van der Waals surface area contributed by atoms with E-state index in [4.69, 9.17) is 4.42 Å². The number of halogens is 1. The van der Waals surface area contributed by atoms with Gasteiger partial charge >= 0.3 is 0 Å². The molecule has 2 aromatic heterocycles. The molecule has 198 valence electrons. The van der Waals surface area contributed by atoms with Crippen molar-refractivity contribution in [1.29, 1.82) is 0 Å². The normalized spacial score (nSPS) is 11.8. The summed E-state index contributed by atoms with van der Waals surface area (Å²) in [5, 5.41) is 1.99. The molecule has 0 atom stereocenters. The number of carbonyl (C=O) groups excluding carboxylic acids is 1. The SMILES string of the molecule is CC(C)(C)c1ccc(CN(Cc2ccco2)c2cnc(S(C)(=O)=O)nc2C(=O)Nc2ccccc2F)cc1. The van der Waals surface area contributed by atoms with Crippen LogP contribution in [0, 0.1) is 5.82 Å². The van der Waals surface area contributed by atoms with Gasteiger partial charge in [0.2, 0.25) is 15.0 Å². The van der Waals surface area contributed by atoms with Crippen LogP contribution >= 0.6 is 0 Å². The van der Waals surface area contributed by atoms with Crippen LogP contribution in [0.2, 0.25) is 0 Å². The summed E-state index contributed by atoms with van der Waals surface area (Å²) in [7, 11) is -3.82. The van der Waals surface area contributed by atoms with E-state index in [1.807, 2.05) is 17.0 Å². The number of benzene rings is 2. The largest absolute Gasteiger partial charge is 0.467 e. The first-order chi connectivity index (χ1) is 17.9. The Morgan fingerprint density at radius 1 is 1.03 bits per heavy atom. The highest BCUT2D eigenvalue weighted by molar-refractivity contribution is 7.90. The Labute approximate surface area is 221 Å². The average Bonchev–Trinajstić information content (AvgIpc) is 3.37. The summed E-state index contributed by atoms with van der Waals surface area (Å²) < 4.78 is 44.3. The van der Waals surface area contributed by atoms with Crippen molar-refractivity contribution >= 4 is 27.1 Å². The minimum absolute atomic E-state index is 0.0142. The van der Waals surface area contributed by atoms with E-state index in [2.05, 4.69) is 48.2 Å². The number of aromatic nitrogens is 2. The van der Waals surface area contributed by atoms with Gasteiger partial charge in [-0.2, -0.15) is 0 Å². The molecule has 0 radical (unpaired) electrons. The van der Waals surface area contributed by atoms with Crippen molar-refractivity contribution in [3.63, 3.8) is 0 Å². The van der Waals surface area contributed by atoms with Crippen LogP contribution in [0.1, 0.15) is 48.1 Å². The predicted molar refractivity (Wildman–Crippen MR) is 143 cm³/mol. The number of nitrogens with one attached hydrogen (secondary N) is 1. The highest BCUT2D eigenvalue weighted by Gasteiger charge is 2.25. The van der Waals surface area contributed by atoms with Gasteiger partial charge in [0.05, 0.1) is 30.4 Å². The molecular weight excluding hydrogens is 507 g/mol. The summed E-state index contributed by atoms with van der Waals surface area (Å²) in [5.41, 5.74) is 2.10. The third-order valence-electron chi connectivity index (χ3n) is 5.88. The number of para-hydroxylation sites is 1. The zero-order valence-corrected chi connectivity index (χ0v) is 22.4. The van der Waals surface area contributed by atoms with Gasteiger partial charge in [-0.15, -0.1) is 0 Å². The van der Waals surface area contributed by atoms with Crippen LogP contribution < -0.4 is 10.2 Å². The quantitative estimate of drug-likeness (QED) is 0.302. The van der Waals surface area contributed by atoms with Gasteiger partial charge in [-0.1, -0.05) is 57.2 Å². The molecule has 0 aliphatic rings. The Balaban J connectivity index is 1.77. The summed E-state index contributed by atoms with van der Waals surface area (Å²) >= 11 is 0. The van der Waals surface area contributed by atoms with E-state index in [9.17, 15) is 17.6 Å². The van der Waals surface area contributed by atoms with Crippen LogP contribution in [0.5, 0.6) is 0 Å². The predicted octanol–water partition coefficient (Wildman–Crippen LogP) is 5.37. The van der Waals surface area contributed by atoms with Crippen molar-refractivity contribution in [3.05, 3.63) is 102 Å². The highest BCUT2D eigenvalue weighted by atomic mass is 32.2. The van der Waals surface area contributed by atoms with Crippen molar-refractivity contribution in [2.24, 2.45) is 0 Å². The Morgan fingerprint density at radius 3 is 2.34 bits per heavy atom. The van der Waals surface area contributed by atoms with Gasteiger partial charge in [-0.25, -0.2) is 22.8 Å².